The van der Waals surface area contributed by atoms with E-state index in [1.165, 1.54) is 6.07 Å². The second-order valence-electron chi connectivity index (χ2n) is 5.33. The maximum Gasteiger partial charge on any atom is 0.317 e. The highest BCUT2D eigenvalue weighted by molar-refractivity contribution is 5.73. The van der Waals surface area contributed by atoms with Gasteiger partial charge in [-0.3, -0.25) is 0 Å². The Kier molecular flexibility index (Phi) is 5.97. The molecule has 0 radical (unpaired) electrons. The van der Waals surface area contributed by atoms with Gasteiger partial charge in [-0.2, -0.15) is 0 Å². The Balaban J connectivity index is 1.68. The van der Waals surface area contributed by atoms with Crippen molar-refractivity contribution < 1.29 is 13.9 Å². The summed E-state index contributed by atoms with van der Waals surface area (Å²) in [6.07, 6.45) is 0.442. The Morgan fingerprint density at radius 1 is 1.13 bits per heavy atom. The zero-order valence-corrected chi connectivity index (χ0v) is 13.4. The molecule has 2 amide bonds. The van der Waals surface area contributed by atoms with Gasteiger partial charge in [-0.1, -0.05) is 35.9 Å². The SMILES string of the molecule is Cc1ccc(OCNC(=O)NCCc2ccccc2F)c(C)c1. The van der Waals surface area contributed by atoms with Gasteiger partial charge in [0.2, 0.25) is 0 Å². The fraction of sp³-hybridized carbons (Fsp3) is 0.278. The van der Waals surface area contributed by atoms with Gasteiger partial charge in [-0.15, -0.1) is 0 Å². The minimum atomic E-state index is -0.342. The van der Waals surface area contributed by atoms with E-state index in [1.807, 2.05) is 32.0 Å². The van der Waals surface area contributed by atoms with Gasteiger partial charge in [0.15, 0.2) is 6.73 Å². The number of halogens is 1. The highest BCUT2D eigenvalue weighted by Crippen LogP contribution is 2.18. The third kappa shape index (κ3) is 5.29. The number of nitrogens with one attached hydrogen (secondary N) is 2. The highest BCUT2D eigenvalue weighted by atomic mass is 19.1. The maximum atomic E-state index is 13.4. The van der Waals surface area contributed by atoms with Gasteiger partial charge in [0.05, 0.1) is 0 Å². The molecule has 0 aromatic heterocycles. The number of carbonyl (C=O) groups is 1. The van der Waals surface area contributed by atoms with Crippen molar-refractivity contribution in [1.29, 1.82) is 0 Å². The highest BCUT2D eigenvalue weighted by Gasteiger charge is 2.04. The number of rotatable bonds is 6. The summed E-state index contributed by atoms with van der Waals surface area (Å²) in [7, 11) is 0. The molecule has 0 aliphatic rings. The molecule has 0 aliphatic carbocycles. The molecule has 122 valence electrons. The molecule has 0 atom stereocenters. The van der Waals surface area contributed by atoms with Gasteiger partial charge < -0.3 is 15.4 Å². The van der Waals surface area contributed by atoms with E-state index in [-0.39, 0.29) is 18.6 Å². The van der Waals surface area contributed by atoms with Crippen LogP contribution in [-0.2, 0) is 6.42 Å². The number of amides is 2. The van der Waals surface area contributed by atoms with Crippen molar-refractivity contribution in [2.45, 2.75) is 20.3 Å². The molecular formula is C18H21FN2O2. The van der Waals surface area contributed by atoms with Gasteiger partial charge in [-0.25, -0.2) is 9.18 Å². The fourth-order valence-electron chi connectivity index (χ4n) is 2.22. The van der Waals surface area contributed by atoms with Crippen LogP contribution < -0.4 is 15.4 Å². The average Bonchev–Trinajstić information content (AvgIpc) is 2.51. The topological polar surface area (TPSA) is 50.4 Å². The minimum absolute atomic E-state index is 0.0788. The molecule has 2 rings (SSSR count). The Morgan fingerprint density at radius 2 is 1.91 bits per heavy atom. The van der Waals surface area contributed by atoms with Crippen LogP contribution in [0.5, 0.6) is 5.75 Å². The van der Waals surface area contributed by atoms with Crippen LogP contribution in [0.3, 0.4) is 0 Å². The number of hydrogen-bond donors (Lipinski definition) is 2. The van der Waals surface area contributed by atoms with Crippen LogP contribution in [-0.4, -0.2) is 19.3 Å². The van der Waals surface area contributed by atoms with Crippen molar-refractivity contribution in [3.63, 3.8) is 0 Å². The van der Waals surface area contributed by atoms with Crippen molar-refractivity contribution in [2.24, 2.45) is 0 Å². The lowest BCUT2D eigenvalue weighted by atomic mass is 10.1. The van der Waals surface area contributed by atoms with Crippen molar-refractivity contribution in [3.05, 3.63) is 65.0 Å². The first-order chi connectivity index (χ1) is 11.1. The van der Waals surface area contributed by atoms with E-state index in [1.54, 1.807) is 18.2 Å². The molecule has 5 heteroatoms. The molecule has 0 unspecified atom stereocenters. The Hall–Kier alpha value is -2.56. The van der Waals surface area contributed by atoms with Gasteiger partial charge in [0.25, 0.3) is 0 Å². The van der Waals surface area contributed by atoms with Gasteiger partial charge in [0.1, 0.15) is 11.6 Å². The summed E-state index contributed by atoms with van der Waals surface area (Å²) in [6, 6.07) is 12.0. The largest absolute Gasteiger partial charge is 0.473 e. The van der Waals surface area contributed by atoms with Crippen LogP contribution in [0.2, 0.25) is 0 Å². The lowest BCUT2D eigenvalue weighted by molar-refractivity contribution is 0.224. The number of aryl methyl sites for hydroxylation is 2. The van der Waals surface area contributed by atoms with E-state index in [2.05, 4.69) is 10.6 Å². The Bertz CT molecular complexity index is 674. The molecule has 2 N–H and O–H groups in total. The Morgan fingerprint density at radius 3 is 2.65 bits per heavy atom. The number of carbonyl (C=O) groups excluding carboxylic acids is 1. The van der Waals surface area contributed by atoms with E-state index < -0.39 is 0 Å². The van der Waals surface area contributed by atoms with Crippen molar-refractivity contribution in [3.8, 4) is 5.75 Å². The predicted octanol–water partition coefficient (Wildman–Crippen LogP) is 3.32. The quantitative estimate of drug-likeness (QED) is 0.803. The van der Waals surface area contributed by atoms with Crippen LogP contribution in [0.15, 0.2) is 42.5 Å². The first kappa shape index (κ1) is 16.8. The predicted molar refractivity (Wildman–Crippen MR) is 88.0 cm³/mol. The third-order valence-electron chi connectivity index (χ3n) is 3.43. The minimum Gasteiger partial charge on any atom is -0.473 e. The lowest BCUT2D eigenvalue weighted by Crippen LogP contribution is -2.38. The Labute approximate surface area is 135 Å². The first-order valence-electron chi connectivity index (χ1n) is 7.51. The molecule has 4 nitrogen and oxygen atoms in total. The van der Waals surface area contributed by atoms with E-state index in [4.69, 9.17) is 4.74 Å². The van der Waals surface area contributed by atoms with E-state index in [0.29, 0.717) is 18.5 Å². The second kappa shape index (κ2) is 8.17. The zero-order valence-electron chi connectivity index (χ0n) is 13.4. The van der Waals surface area contributed by atoms with Gasteiger partial charge in [0, 0.05) is 6.54 Å². The van der Waals surface area contributed by atoms with Crippen LogP contribution in [0.25, 0.3) is 0 Å². The summed E-state index contributed by atoms with van der Waals surface area (Å²) < 4.78 is 18.9. The molecule has 0 spiro atoms. The third-order valence-corrected chi connectivity index (χ3v) is 3.43. The van der Waals surface area contributed by atoms with Crippen LogP contribution >= 0.6 is 0 Å². The van der Waals surface area contributed by atoms with E-state index >= 15 is 0 Å². The monoisotopic (exact) mass is 316 g/mol. The van der Waals surface area contributed by atoms with Crippen LogP contribution in [0, 0.1) is 19.7 Å². The smallest absolute Gasteiger partial charge is 0.317 e. The molecule has 0 saturated heterocycles. The fourth-order valence-corrected chi connectivity index (χ4v) is 2.22. The first-order valence-corrected chi connectivity index (χ1v) is 7.51. The summed E-state index contributed by atoms with van der Waals surface area (Å²) in [4.78, 5) is 11.7. The summed E-state index contributed by atoms with van der Waals surface area (Å²) in [5.74, 6) is 0.482. The van der Waals surface area contributed by atoms with Gasteiger partial charge in [-0.05, 0) is 43.5 Å². The molecule has 0 aliphatic heterocycles. The van der Waals surface area contributed by atoms with Crippen molar-refractivity contribution >= 4 is 6.03 Å². The molecular weight excluding hydrogens is 295 g/mol. The molecule has 0 fully saturated rings. The number of urea groups is 1. The molecule has 2 aromatic rings. The van der Waals surface area contributed by atoms with Crippen molar-refractivity contribution in [1.82, 2.24) is 10.6 Å². The van der Waals surface area contributed by atoms with Crippen molar-refractivity contribution in [2.75, 3.05) is 13.3 Å². The van der Waals surface area contributed by atoms with E-state index in [0.717, 1.165) is 16.9 Å². The van der Waals surface area contributed by atoms with Gasteiger partial charge >= 0.3 is 6.03 Å². The molecule has 23 heavy (non-hydrogen) atoms. The number of benzene rings is 2. The maximum absolute atomic E-state index is 13.4. The summed E-state index contributed by atoms with van der Waals surface area (Å²) in [5, 5.41) is 5.28. The average molecular weight is 316 g/mol. The standard InChI is InChI=1S/C18H21FN2O2/c1-13-7-8-17(14(2)11-13)23-12-21-18(22)20-10-9-15-5-3-4-6-16(15)19/h3-8,11H,9-10,12H2,1-2H3,(H2,20,21,22). The zero-order chi connectivity index (χ0) is 16.7. The summed E-state index contributed by atoms with van der Waals surface area (Å²) in [6.45, 7) is 4.40. The summed E-state index contributed by atoms with van der Waals surface area (Å²) >= 11 is 0. The molecule has 0 saturated carbocycles. The number of ether oxygens (including phenoxy) is 1. The summed E-state index contributed by atoms with van der Waals surface area (Å²) in [5.41, 5.74) is 2.76. The molecule has 2 aromatic carbocycles. The van der Waals surface area contributed by atoms with E-state index in [9.17, 15) is 9.18 Å². The molecule has 0 bridgehead atoms. The van der Waals surface area contributed by atoms with Crippen LogP contribution in [0.4, 0.5) is 9.18 Å². The second-order valence-corrected chi connectivity index (χ2v) is 5.33. The normalized spacial score (nSPS) is 10.2. The lowest BCUT2D eigenvalue weighted by Gasteiger charge is -2.11. The number of hydrogen-bond acceptors (Lipinski definition) is 2. The van der Waals surface area contributed by atoms with Crippen LogP contribution in [0.1, 0.15) is 16.7 Å². The molecule has 0 heterocycles.